The Bertz CT molecular complexity index is 4320. The maximum absolute atomic E-state index is 6.24. The summed E-state index contributed by atoms with van der Waals surface area (Å²) >= 11 is 0. The van der Waals surface area contributed by atoms with Crippen molar-refractivity contribution in [1.82, 2.24) is 24.1 Å². The maximum atomic E-state index is 6.24. The summed E-state index contributed by atoms with van der Waals surface area (Å²) in [6, 6.07) is 83.5. The van der Waals surface area contributed by atoms with Gasteiger partial charge in [-0.25, -0.2) is 15.0 Å². The molecular formula is C63H39N5O. The Morgan fingerprint density at radius 1 is 0.246 bits per heavy atom. The van der Waals surface area contributed by atoms with E-state index in [1.165, 1.54) is 38.2 Å². The van der Waals surface area contributed by atoms with E-state index in [9.17, 15) is 0 Å². The van der Waals surface area contributed by atoms with Crippen molar-refractivity contribution in [2.24, 2.45) is 0 Å². The Morgan fingerprint density at radius 3 is 1.35 bits per heavy atom. The monoisotopic (exact) mass is 881 g/mol. The molecule has 0 spiro atoms. The summed E-state index contributed by atoms with van der Waals surface area (Å²) < 4.78 is 10.9. The topological polar surface area (TPSA) is 61.7 Å². The lowest BCUT2D eigenvalue weighted by molar-refractivity contribution is 0.669. The molecule has 0 fully saturated rings. The second-order valence-electron chi connectivity index (χ2n) is 17.6. The van der Waals surface area contributed by atoms with Gasteiger partial charge in [-0.05, 0) is 113 Å². The zero-order valence-electron chi connectivity index (χ0n) is 37.2. The quantitative estimate of drug-likeness (QED) is 0.160. The third-order valence-corrected chi connectivity index (χ3v) is 13.6. The Hall–Kier alpha value is -9.39. The first kappa shape index (κ1) is 38.8. The molecule has 0 atom stereocenters. The summed E-state index contributed by atoms with van der Waals surface area (Å²) in [6.07, 6.45) is 0. The molecule has 0 unspecified atom stereocenters. The van der Waals surface area contributed by atoms with Gasteiger partial charge in [-0.3, -0.25) is 0 Å². The highest BCUT2D eigenvalue weighted by Gasteiger charge is 2.19. The van der Waals surface area contributed by atoms with Gasteiger partial charge in [0.25, 0.3) is 0 Å². The molecule has 69 heavy (non-hydrogen) atoms. The van der Waals surface area contributed by atoms with E-state index in [2.05, 4.69) is 215 Å². The van der Waals surface area contributed by atoms with Gasteiger partial charge in [-0.2, -0.15) is 0 Å². The van der Waals surface area contributed by atoms with Crippen LogP contribution in [0.2, 0.25) is 0 Å². The SMILES string of the molecule is c1ccc(-c2ccc3c(c2)c2ccccc2n3-c2cccc(-c3nc(-c4cccc(-c5ccc6c(c5)c5ccccc5n6-c5ccccc5)c4)nc(-c4ccc5oc6ccccc6c5c4)n3)c2)cc1. The molecule has 0 aliphatic rings. The van der Waals surface area contributed by atoms with Crippen LogP contribution < -0.4 is 0 Å². The minimum atomic E-state index is 0.582. The van der Waals surface area contributed by atoms with E-state index in [0.29, 0.717) is 17.5 Å². The number of nitrogens with zero attached hydrogens (tertiary/aromatic N) is 5. The molecule has 6 heteroatoms. The number of aromatic nitrogens is 5. The van der Waals surface area contributed by atoms with E-state index in [1.807, 2.05) is 30.3 Å². The summed E-state index contributed by atoms with van der Waals surface area (Å²) in [4.78, 5) is 15.8. The van der Waals surface area contributed by atoms with Gasteiger partial charge >= 0.3 is 0 Å². The maximum Gasteiger partial charge on any atom is 0.164 e. The van der Waals surface area contributed by atoms with Crippen molar-refractivity contribution in [3.8, 4) is 67.8 Å². The normalized spacial score (nSPS) is 11.8. The van der Waals surface area contributed by atoms with Gasteiger partial charge in [0.1, 0.15) is 11.2 Å². The highest BCUT2D eigenvalue weighted by atomic mass is 16.3. The minimum absolute atomic E-state index is 0.582. The highest BCUT2D eigenvalue weighted by molar-refractivity contribution is 6.12. The fourth-order valence-corrected chi connectivity index (χ4v) is 10.3. The van der Waals surface area contributed by atoms with Crippen LogP contribution in [-0.4, -0.2) is 24.1 Å². The van der Waals surface area contributed by atoms with Gasteiger partial charge in [0.2, 0.25) is 0 Å². The van der Waals surface area contributed by atoms with Crippen LogP contribution in [0.25, 0.3) is 133 Å². The first-order valence-corrected chi connectivity index (χ1v) is 23.3. The number of para-hydroxylation sites is 4. The zero-order chi connectivity index (χ0) is 45.4. The molecule has 4 heterocycles. The van der Waals surface area contributed by atoms with Crippen LogP contribution in [0.15, 0.2) is 241 Å². The molecule has 0 aliphatic heterocycles. The summed E-state index contributed by atoms with van der Waals surface area (Å²) in [6.45, 7) is 0. The molecule has 322 valence electrons. The Balaban J connectivity index is 0.923. The molecule has 0 bridgehead atoms. The van der Waals surface area contributed by atoms with Crippen LogP contribution >= 0.6 is 0 Å². The number of rotatable bonds is 7. The predicted octanol–water partition coefficient (Wildman–Crippen LogP) is 16.3. The Kier molecular flexibility index (Phi) is 8.79. The minimum Gasteiger partial charge on any atom is -0.456 e. The number of benzene rings is 10. The lowest BCUT2D eigenvalue weighted by Gasteiger charge is -2.12. The second-order valence-corrected chi connectivity index (χ2v) is 17.6. The second kappa shape index (κ2) is 15.6. The van der Waals surface area contributed by atoms with E-state index in [1.54, 1.807) is 0 Å². The number of hydrogen-bond donors (Lipinski definition) is 0. The molecule has 0 saturated carbocycles. The molecule has 14 rings (SSSR count). The molecule has 0 amide bonds. The van der Waals surface area contributed by atoms with Crippen molar-refractivity contribution in [2.45, 2.75) is 0 Å². The van der Waals surface area contributed by atoms with Crippen LogP contribution in [0.4, 0.5) is 0 Å². The third kappa shape index (κ3) is 6.45. The average molecular weight is 882 g/mol. The Morgan fingerprint density at radius 2 is 0.667 bits per heavy atom. The summed E-state index contributed by atoms with van der Waals surface area (Å²) in [5.74, 6) is 1.76. The van der Waals surface area contributed by atoms with Crippen LogP contribution in [0.3, 0.4) is 0 Å². The van der Waals surface area contributed by atoms with Crippen molar-refractivity contribution in [1.29, 1.82) is 0 Å². The molecular weight excluding hydrogens is 843 g/mol. The summed E-state index contributed by atoms with van der Waals surface area (Å²) in [5, 5.41) is 6.87. The molecule has 0 saturated heterocycles. The van der Waals surface area contributed by atoms with Gasteiger partial charge in [-0.1, -0.05) is 146 Å². The fraction of sp³-hybridized carbons (Fsp3) is 0. The molecule has 10 aromatic carbocycles. The van der Waals surface area contributed by atoms with E-state index in [4.69, 9.17) is 19.4 Å². The molecule has 14 aromatic rings. The first-order valence-electron chi connectivity index (χ1n) is 23.3. The molecule has 0 radical (unpaired) electrons. The predicted molar refractivity (Wildman–Crippen MR) is 283 cm³/mol. The average Bonchev–Trinajstić information content (AvgIpc) is 4.08. The van der Waals surface area contributed by atoms with E-state index in [0.717, 1.165) is 77.7 Å². The molecule has 0 aliphatic carbocycles. The van der Waals surface area contributed by atoms with E-state index in [-0.39, 0.29) is 0 Å². The van der Waals surface area contributed by atoms with Crippen LogP contribution in [0, 0.1) is 0 Å². The van der Waals surface area contributed by atoms with Gasteiger partial charge in [-0.15, -0.1) is 0 Å². The smallest absolute Gasteiger partial charge is 0.164 e. The first-order chi connectivity index (χ1) is 34.2. The van der Waals surface area contributed by atoms with Crippen molar-refractivity contribution >= 4 is 65.6 Å². The van der Waals surface area contributed by atoms with Gasteiger partial charge in [0.15, 0.2) is 17.5 Å². The molecule has 6 nitrogen and oxygen atoms in total. The molecule has 4 aromatic heterocycles. The van der Waals surface area contributed by atoms with Crippen molar-refractivity contribution in [3.05, 3.63) is 237 Å². The summed E-state index contributed by atoms with van der Waals surface area (Å²) in [5.41, 5.74) is 15.7. The lowest BCUT2D eigenvalue weighted by Crippen LogP contribution is -2.01. The lowest BCUT2D eigenvalue weighted by atomic mass is 10.0. The largest absolute Gasteiger partial charge is 0.456 e. The number of hydrogen-bond acceptors (Lipinski definition) is 4. The van der Waals surface area contributed by atoms with E-state index < -0.39 is 0 Å². The standard InChI is InChI=1S/C63H39N5O/c1-3-15-40(16-4-1)42-29-32-58-52(37-42)50-24-8-11-27-56(50)68(58)48-22-14-19-45(36-48)62-64-61(65-63(66-62)46-31-34-60-54(39-46)51-25-9-12-28-59(51)69-60)44-18-13-17-41(35-44)43-30-33-57-53(38-43)49-23-7-10-26-55(49)67(57)47-20-5-2-6-21-47/h1-39H. The fourth-order valence-electron chi connectivity index (χ4n) is 10.3. The Labute approximate surface area is 396 Å². The van der Waals surface area contributed by atoms with Crippen LogP contribution in [-0.2, 0) is 0 Å². The number of fused-ring (bicyclic) bond motifs is 9. The van der Waals surface area contributed by atoms with Crippen molar-refractivity contribution in [3.63, 3.8) is 0 Å². The number of furan rings is 1. The van der Waals surface area contributed by atoms with Gasteiger partial charge in [0.05, 0.1) is 22.1 Å². The highest BCUT2D eigenvalue weighted by Crippen LogP contribution is 2.39. The van der Waals surface area contributed by atoms with Gasteiger partial charge in [0, 0.05) is 60.4 Å². The van der Waals surface area contributed by atoms with Crippen LogP contribution in [0.1, 0.15) is 0 Å². The zero-order valence-corrected chi connectivity index (χ0v) is 37.2. The van der Waals surface area contributed by atoms with Crippen molar-refractivity contribution < 1.29 is 4.42 Å². The van der Waals surface area contributed by atoms with Crippen LogP contribution in [0.5, 0.6) is 0 Å². The van der Waals surface area contributed by atoms with E-state index >= 15 is 0 Å². The van der Waals surface area contributed by atoms with Gasteiger partial charge < -0.3 is 13.6 Å². The van der Waals surface area contributed by atoms with Crippen molar-refractivity contribution in [2.75, 3.05) is 0 Å². The summed E-state index contributed by atoms with van der Waals surface area (Å²) in [7, 11) is 0. The third-order valence-electron chi connectivity index (χ3n) is 13.6. The molecule has 0 N–H and O–H groups in total.